The third-order valence-electron chi connectivity index (χ3n) is 1.50. The second-order valence-corrected chi connectivity index (χ2v) is 4.73. The molecule has 0 fully saturated rings. The molecule has 74 valence electrons. The zero-order chi connectivity index (χ0) is 9.84. The van der Waals surface area contributed by atoms with Gasteiger partial charge in [0, 0.05) is 21.3 Å². The molecule has 0 atom stereocenters. The van der Waals surface area contributed by atoms with Crippen molar-refractivity contribution in [3.05, 3.63) is 20.8 Å². The van der Waals surface area contributed by atoms with Gasteiger partial charge in [-0.25, -0.2) is 8.78 Å². The molecule has 1 heterocycles. The molecular weight excluding hydrogens is 260 g/mol. The highest BCUT2D eigenvalue weighted by molar-refractivity contribution is 9.10. The van der Waals surface area contributed by atoms with Gasteiger partial charge in [0.05, 0.1) is 6.54 Å². The molecule has 13 heavy (non-hydrogen) atoms. The first-order valence-corrected chi connectivity index (χ1v) is 5.45. The van der Waals surface area contributed by atoms with Crippen LogP contribution in [0.25, 0.3) is 0 Å². The average Bonchev–Trinajstić information content (AvgIpc) is 2.33. The third-order valence-corrected chi connectivity index (χ3v) is 3.18. The fourth-order valence-electron chi connectivity index (χ4n) is 1.00. The molecule has 0 bridgehead atoms. The van der Waals surface area contributed by atoms with Crippen molar-refractivity contribution in [1.29, 1.82) is 0 Å². The summed E-state index contributed by atoms with van der Waals surface area (Å²) in [5, 5.41) is 1.95. The normalized spacial score (nSPS) is 11.5. The zero-order valence-corrected chi connectivity index (χ0v) is 9.54. The summed E-state index contributed by atoms with van der Waals surface area (Å²) in [5.74, 6) is 0. The third kappa shape index (κ3) is 4.15. The monoisotopic (exact) mass is 269 g/mol. The maximum Gasteiger partial charge on any atom is 0.251 e. The molecule has 1 rings (SSSR count). The Morgan fingerprint density at radius 3 is 2.77 bits per heavy atom. The predicted molar refractivity (Wildman–Crippen MR) is 54.4 cm³/mol. The fourth-order valence-corrected chi connectivity index (χ4v) is 2.53. The predicted octanol–water partition coefficient (Wildman–Crippen LogP) is 3.21. The van der Waals surface area contributed by atoms with Crippen molar-refractivity contribution < 1.29 is 8.78 Å². The Bertz CT molecular complexity index is 264. The maximum absolute atomic E-state index is 11.9. The molecular formula is C8H10BrF2NS. The minimum atomic E-state index is -2.26. The van der Waals surface area contributed by atoms with E-state index in [1.165, 1.54) is 0 Å². The molecule has 1 aromatic rings. The van der Waals surface area contributed by atoms with Crippen LogP contribution in [0.3, 0.4) is 0 Å². The molecule has 0 radical (unpaired) electrons. The summed E-state index contributed by atoms with van der Waals surface area (Å²) in [6.07, 6.45) is -2.26. The first kappa shape index (κ1) is 11.1. The van der Waals surface area contributed by atoms with Gasteiger partial charge in [0.25, 0.3) is 6.43 Å². The topological polar surface area (TPSA) is 3.24 Å². The average molecular weight is 270 g/mol. The van der Waals surface area contributed by atoms with Gasteiger partial charge in [-0.3, -0.25) is 4.90 Å². The van der Waals surface area contributed by atoms with Crippen LogP contribution in [0.1, 0.15) is 4.88 Å². The van der Waals surface area contributed by atoms with Gasteiger partial charge in [0.15, 0.2) is 0 Å². The summed E-state index contributed by atoms with van der Waals surface area (Å²) in [4.78, 5) is 2.71. The Hall–Kier alpha value is -0.0000000000000000833. The number of halogens is 3. The molecule has 0 aliphatic rings. The highest BCUT2D eigenvalue weighted by atomic mass is 79.9. The Labute approximate surface area is 88.5 Å². The molecule has 0 spiro atoms. The molecule has 5 heteroatoms. The van der Waals surface area contributed by atoms with Crippen molar-refractivity contribution in [2.75, 3.05) is 13.6 Å². The lowest BCUT2D eigenvalue weighted by molar-refractivity contribution is 0.0979. The van der Waals surface area contributed by atoms with E-state index in [0.29, 0.717) is 6.54 Å². The Balaban J connectivity index is 2.40. The summed E-state index contributed by atoms with van der Waals surface area (Å²) < 4.78 is 24.9. The molecule has 0 amide bonds. The largest absolute Gasteiger partial charge is 0.296 e. The van der Waals surface area contributed by atoms with Crippen LogP contribution in [-0.4, -0.2) is 24.9 Å². The van der Waals surface area contributed by atoms with Crippen LogP contribution in [0.5, 0.6) is 0 Å². The van der Waals surface area contributed by atoms with Crippen LogP contribution < -0.4 is 0 Å². The van der Waals surface area contributed by atoms with Crippen LogP contribution in [0, 0.1) is 0 Å². The van der Waals surface area contributed by atoms with E-state index >= 15 is 0 Å². The van der Waals surface area contributed by atoms with E-state index in [9.17, 15) is 8.78 Å². The van der Waals surface area contributed by atoms with Gasteiger partial charge < -0.3 is 0 Å². The molecule has 0 unspecified atom stereocenters. The number of hydrogen-bond donors (Lipinski definition) is 0. The SMILES string of the molecule is CN(Cc1cc(Br)cs1)CC(F)F. The highest BCUT2D eigenvalue weighted by Gasteiger charge is 2.08. The van der Waals surface area contributed by atoms with E-state index in [2.05, 4.69) is 15.9 Å². The van der Waals surface area contributed by atoms with E-state index in [1.807, 2.05) is 11.4 Å². The minimum absolute atomic E-state index is 0.171. The van der Waals surface area contributed by atoms with Gasteiger partial charge >= 0.3 is 0 Å². The second-order valence-electron chi connectivity index (χ2n) is 2.82. The van der Waals surface area contributed by atoms with E-state index in [0.717, 1.165) is 9.35 Å². The quantitative estimate of drug-likeness (QED) is 0.812. The molecule has 1 aromatic heterocycles. The molecule has 0 saturated heterocycles. The Kier molecular flexibility index (Phi) is 4.28. The Morgan fingerprint density at radius 1 is 1.62 bits per heavy atom. The van der Waals surface area contributed by atoms with Crippen LogP contribution in [0.4, 0.5) is 8.78 Å². The molecule has 0 saturated carbocycles. The second kappa shape index (κ2) is 5.02. The van der Waals surface area contributed by atoms with Crippen molar-refractivity contribution in [3.8, 4) is 0 Å². The van der Waals surface area contributed by atoms with Gasteiger partial charge in [-0.05, 0) is 29.0 Å². The van der Waals surface area contributed by atoms with E-state index in [1.54, 1.807) is 23.3 Å². The van der Waals surface area contributed by atoms with Crippen molar-refractivity contribution in [1.82, 2.24) is 4.90 Å². The summed E-state index contributed by atoms with van der Waals surface area (Å²) in [5.41, 5.74) is 0. The lowest BCUT2D eigenvalue weighted by Gasteiger charge is -2.14. The van der Waals surface area contributed by atoms with E-state index in [-0.39, 0.29) is 6.54 Å². The minimum Gasteiger partial charge on any atom is -0.296 e. The van der Waals surface area contributed by atoms with Crippen molar-refractivity contribution in [2.24, 2.45) is 0 Å². The van der Waals surface area contributed by atoms with Crippen LogP contribution >= 0.6 is 27.3 Å². The number of thiophene rings is 1. The van der Waals surface area contributed by atoms with Crippen LogP contribution in [0.2, 0.25) is 0 Å². The van der Waals surface area contributed by atoms with Crippen LogP contribution in [0.15, 0.2) is 15.9 Å². The van der Waals surface area contributed by atoms with Crippen molar-refractivity contribution in [2.45, 2.75) is 13.0 Å². The van der Waals surface area contributed by atoms with Gasteiger partial charge in [-0.1, -0.05) is 0 Å². The van der Waals surface area contributed by atoms with Crippen LogP contribution in [-0.2, 0) is 6.54 Å². The van der Waals surface area contributed by atoms with E-state index < -0.39 is 6.43 Å². The Morgan fingerprint density at radius 2 is 2.31 bits per heavy atom. The summed E-state index contributed by atoms with van der Waals surface area (Å²) in [6.45, 7) is 0.413. The molecule has 0 aliphatic carbocycles. The van der Waals surface area contributed by atoms with Gasteiger partial charge in [0.1, 0.15) is 0 Å². The first-order valence-electron chi connectivity index (χ1n) is 3.77. The zero-order valence-electron chi connectivity index (χ0n) is 7.14. The summed E-state index contributed by atoms with van der Waals surface area (Å²) in [6, 6.07) is 1.95. The summed E-state index contributed by atoms with van der Waals surface area (Å²) >= 11 is 4.89. The molecule has 0 aromatic carbocycles. The lowest BCUT2D eigenvalue weighted by Crippen LogP contribution is -2.23. The van der Waals surface area contributed by atoms with Crippen molar-refractivity contribution >= 4 is 27.3 Å². The molecule has 0 N–H and O–H groups in total. The summed E-state index contributed by atoms with van der Waals surface area (Å²) in [7, 11) is 1.69. The number of alkyl halides is 2. The lowest BCUT2D eigenvalue weighted by atomic mass is 10.4. The van der Waals surface area contributed by atoms with Gasteiger partial charge in [0.2, 0.25) is 0 Å². The molecule has 0 aliphatic heterocycles. The van der Waals surface area contributed by atoms with E-state index in [4.69, 9.17) is 0 Å². The number of rotatable bonds is 4. The highest BCUT2D eigenvalue weighted by Crippen LogP contribution is 2.20. The molecule has 1 nitrogen and oxygen atoms in total. The van der Waals surface area contributed by atoms with Gasteiger partial charge in [-0.2, -0.15) is 0 Å². The van der Waals surface area contributed by atoms with Crippen molar-refractivity contribution in [3.63, 3.8) is 0 Å². The standard InChI is InChI=1S/C8H10BrF2NS/c1-12(4-8(10)11)3-7-2-6(9)5-13-7/h2,5,8H,3-4H2,1H3. The fraction of sp³-hybridized carbons (Fsp3) is 0.500. The smallest absolute Gasteiger partial charge is 0.251 e. The number of hydrogen-bond acceptors (Lipinski definition) is 2. The first-order chi connectivity index (χ1) is 6.08. The van der Waals surface area contributed by atoms with Gasteiger partial charge in [-0.15, -0.1) is 11.3 Å². The maximum atomic E-state index is 11.9. The number of nitrogens with zero attached hydrogens (tertiary/aromatic N) is 1.